The first kappa shape index (κ1) is 19.1. The van der Waals surface area contributed by atoms with E-state index in [-0.39, 0.29) is 13.0 Å². The van der Waals surface area contributed by atoms with E-state index < -0.39 is 5.92 Å². The summed E-state index contributed by atoms with van der Waals surface area (Å²) >= 11 is 0. The Kier molecular flexibility index (Phi) is 4.29. The number of H-pyrrole nitrogens is 2. The van der Waals surface area contributed by atoms with Crippen LogP contribution < -0.4 is 0 Å². The lowest BCUT2D eigenvalue weighted by atomic mass is 10.0. The Hall–Kier alpha value is -3.65. The highest BCUT2D eigenvalue weighted by atomic mass is 19.3. The molecular weight excluding hydrogens is 410 g/mol. The number of hydrogen-bond donors (Lipinski definition) is 2. The lowest BCUT2D eigenvalue weighted by Gasteiger charge is -2.15. The minimum Gasteiger partial charge on any atom is -0.352 e. The first-order valence-corrected chi connectivity index (χ1v) is 10.5. The molecule has 1 aliphatic rings. The van der Waals surface area contributed by atoms with Crippen LogP contribution in [0.2, 0.25) is 0 Å². The number of fused-ring (bicyclic) bond motifs is 2. The van der Waals surface area contributed by atoms with Gasteiger partial charge in [-0.1, -0.05) is 6.07 Å². The van der Waals surface area contributed by atoms with Crippen molar-refractivity contribution in [3.8, 4) is 22.5 Å². The van der Waals surface area contributed by atoms with E-state index in [1.54, 1.807) is 23.5 Å². The number of benzene rings is 1. The number of nitrogens with one attached hydrogen (secondary N) is 2. The maximum Gasteiger partial charge on any atom is 0.261 e. The smallest absolute Gasteiger partial charge is 0.261 e. The molecule has 4 aromatic heterocycles. The molecule has 5 heterocycles. The highest BCUT2D eigenvalue weighted by Crippen LogP contribution is 2.32. The molecule has 2 N–H and O–H groups in total. The Morgan fingerprint density at radius 2 is 1.97 bits per heavy atom. The van der Waals surface area contributed by atoms with E-state index in [9.17, 15) is 8.78 Å². The fraction of sp³-hybridized carbons (Fsp3) is 0.208. The third-order valence-corrected chi connectivity index (χ3v) is 5.99. The number of likely N-dealkylation sites (tertiary alicyclic amines) is 1. The molecule has 0 aliphatic carbocycles. The number of pyridine rings is 2. The Labute approximate surface area is 182 Å². The molecule has 0 atom stereocenters. The maximum absolute atomic E-state index is 13.5. The van der Waals surface area contributed by atoms with Crippen molar-refractivity contribution in [3.05, 3.63) is 66.6 Å². The topological polar surface area (TPSA) is 73.5 Å². The van der Waals surface area contributed by atoms with Crippen molar-refractivity contribution < 1.29 is 8.78 Å². The summed E-state index contributed by atoms with van der Waals surface area (Å²) < 4.78 is 27.1. The monoisotopic (exact) mass is 430 g/mol. The van der Waals surface area contributed by atoms with Crippen molar-refractivity contribution in [3.63, 3.8) is 0 Å². The standard InChI is InChI=1S/C24H20F2N6/c25-24(26)5-7-32(14-24)13-15-8-17(12-27-11-15)16-3-4-19-18(9-16)23(31-30-19)22-10-21-20(29-22)2-1-6-28-21/h1-4,6,8-12,29H,5,7,13-14H2,(H,30,31). The molecule has 0 amide bonds. The van der Waals surface area contributed by atoms with Crippen molar-refractivity contribution in [2.24, 2.45) is 0 Å². The van der Waals surface area contributed by atoms with Crippen LogP contribution in [0.25, 0.3) is 44.5 Å². The maximum atomic E-state index is 13.5. The molecule has 32 heavy (non-hydrogen) atoms. The Morgan fingerprint density at radius 3 is 2.81 bits per heavy atom. The highest BCUT2D eigenvalue weighted by Gasteiger charge is 2.37. The van der Waals surface area contributed by atoms with Gasteiger partial charge in [0.15, 0.2) is 0 Å². The number of halogens is 2. The van der Waals surface area contributed by atoms with Gasteiger partial charge in [-0.25, -0.2) is 8.78 Å². The van der Waals surface area contributed by atoms with Gasteiger partial charge in [0.05, 0.1) is 28.8 Å². The van der Waals surface area contributed by atoms with Crippen molar-refractivity contribution in [2.45, 2.75) is 18.9 Å². The summed E-state index contributed by atoms with van der Waals surface area (Å²) in [6.45, 7) is 0.680. The molecule has 1 aliphatic heterocycles. The fourth-order valence-corrected chi connectivity index (χ4v) is 4.41. The van der Waals surface area contributed by atoms with Crippen molar-refractivity contribution in [1.29, 1.82) is 0 Å². The normalized spacial score (nSPS) is 16.3. The molecule has 6 nitrogen and oxygen atoms in total. The van der Waals surface area contributed by atoms with Crippen molar-refractivity contribution in [2.75, 3.05) is 13.1 Å². The minimum absolute atomic E-state index is 0.0800. The predicted octanol–water partition coefficient (Wildman–Crippen LogP) is 5.01. The molecule has 0 bridgehead atoms. The first-order valence-electron chi connectivity index (χ1n) is 10.5. The van der Waals surface area contributed by atoms with Gasteiger partial charge in [-0.15, -0.1) is 0 Å². The third-order valence-electron chi connectivity index (χ3n) is 5.99. The molecule has 1 fully saturated rings. The van der Waals surface area contributed by atoms with E-state index in [2.05, 4.69) is 31.2 Å². The van der Waals surface area contributed by atoms with Crippen LogP contribution >= 0.6 is 0 Å². The number of hydrogen-bond acceptors (Lipinski definition) is 4. The summed E-state index contributed by atoms with van der Waals surface area (Å²) in [6, 6.07) is 14.0. The van der Waals surface area contributed by atoms with Crippen LogP contribution in [0.5, 0.6) is 0 Å². The summed E-state index contributed by atoms with van der Waals surface area (Å²) in [7, 11) is 0. The average molecular weight is 430 g/mol. The van der Waals surface area contributed by atoms with E-state index in [1.807, 2.05) is 36.4 Å². The number of aromatic nitrogens is 5. The second kappa shape index (κ2) is 7.20. The molecule has 5 aromatic rings. The van der Waals surface area contributed by atoms with E-state index >= 15 is 0 Å². The molecule has 1 saturated heterocycles. The van der Waals surface area contributed by atoms with E-state index in [1.165, 1.54) is 0 Å². The Bertz CT molecular complexity index is 1400. The molecule has 0 radical (unpaired) electrons. The zero-order valence-electron chi connectivity index (χ0n) is 17.1. The van der Waals surface area contributed by atoms with E-state index in [4.69, 9.17) is 0 Å². The van der Waals surface area contributed by atoms with Crippen LogP contribution in [0.1, 0.15) is 12.0 Å². The summed E-state index contributed by atoms with van der Waals surface area (Å²) in [6.07, 6.45) is 5.24. The van der Waals surface area contributed by atoms with Crippen LogP contribution in [-0.4, -0.2) is 49.1 Å². The number of nitrogens with zero attached hydrogens (tertiary/aromatic N) is 4. The average Bonchev–Trinajstić information content (AvgIpc) is 3.49. The highest BCUT2D eigenvalue weighted by molar-refractivity contribution is 5.97. The summed E-state index contributed by atoms with van der Waals surface area (Å²) in [5.41, 5.74) is 7.36. The minimum atomic E-state index is -2.59. The molecular formula is C24H20F2N6. The van der Waals surface area contributed by atoms with Gasteiger partial charge in [-0.3, -0.25) is 20.0 Å². The van der Waals surface area contributed by atoms with Gasteiger partial charge in [-0.2, -0.15) is 5.10 Å². The molecule has 160 valence electrons. The van der Waals surface area contributed by atoms with E-state index in [0.717, 1.165) is 50.0 Å². The zero-order chi connectivity index (χ0) is 21.7. The molecule has 0 saturated carbocycles. The second-order valence-electron chi connectivity index (χ2n) is 8.35. The Morgan fingerprint density at radius 1 is 1.03 bits per heavy atom. The third kappa shape index (κ3) is 3.42. The Balaban J connectivity index is 1.34. The van der Waals surface area contributed by atoms with Crippen molar-refractivity contribution >= 4 is 21.9 Å². The van der Waals surface area contributed by atoms with Gasteiger partial charge in [-0.05, 0) is 47.5 Å². The molecule has 6 rings (SSSR count). The van der Waals surface area contributed by atoms with Gasteiger partial charge in [0.1, 0.15) is 5.69 Å². The predicted molar refractivity (Wildman–Crippen MR) is 119 cm³/mol. The number of alkyl halides is 2. The van der Waals surface area contributed by atoms with Gasteiger partial charge in [0.2, 0.25) is 0 Å². The largest absolute Gasteiger partial charge is 0.352 e. The summed E-state index contributed by atoms with van der Waals surface area (Å²) in [5, 5.41) is 8.60. The summed E-state index contributed by atoms with van der Waals surface area (Å²) in [5.74, 6) is -2.59. The fourth-order valence-electron chi connectivity index (χ4n) is 4.41. The van der Waals surface area contributed by atoms with E-state index in [0.29, 0.717) is 13.1 Å². The van der Waals surface area contributed by atoms with Crippen LogP contribution in [0.4, 0.5) is 8.78 Å². The van der Waals surface area contributed by atoms with Crippen LogP contribution in [0.3, 0.4) is 0 Å². The van der Waals surface area contributed by atoms with Gasteiger partial charge < -0.3 is 4.98 Å². The zero-order valence-corrected chi connectivity index (χ0v) is 17.1. The molecule has 1 aromatic carbocycles. The van der Waals surface area contributed by atoms with Gasteiger partial charge in [0, 0.05) is 49.1 Å². The SMILES string of the molecule is FC1(F)CCN(Cc2cncc(-c3ccc4[nH]nc(-c5cc6ncccc6[nH]5)c4c3)c2)C1. The van der Waals surface area contributed by atoms with Crippen LogP contribution in [0, 0.1) is 0 Å². The molecule has 8 heteroatoms. The van der Waals surface area contributed by atoms with Crippen molar-refractivity contribution in [1.82, 2.24) is 30.0 Å². The van der Waals surface area contributed by atoms with Crippen LogP contribution in [0.15, 0.2) is 61.1 Å². The number of aromatic amines is 2. The van der Waals surface area contributed by atoms with Gasteiger partial charge in [0.25, 0.3) is 5.92 Å². The lowest BCUT2D eigenvalue weighted by Crippen LogP contribution is -2.24. The quantitative estimate of drug-likeness (QED) is 0.420. The molecule has 0 spiro atoms. The lowest BCUT2D eigenvalue weighted by molar-refractivity contribution is 0.0115. The molecule has 0 unspecified atom stereocenters. The number of rotatable bonds is 4. The second-order valence-corrected chi connectivity index (χ2v) is 8.35. The summed E-state index contributed by atoms with van der Waals surface area (Å²) in [4.78, 5) is 13.9. The van der Waals surface area contributed by atoms with Gasteiger partial charge >= 0.3 is 0 Å². The van der Waals surface area contributed by atoms with Crippen LogP contribution in [-0.2, 0) is 6.54 Å². The first-order chi connectivity index (χ1) is 15.5.